The number of aromatic nitrogens is 1. The highest BCUT2D eigenvalue weighted by Gasteiger charge is 2.07. The number of rotatable bonds is 6. The van der Waals surface area contributed by atoms with Gasteiger partial charge in [0.1, 0.15) is 0 Å². The Morgan fingerprint density at radius 1 is 1.08 bits per heavy atom. The Hall–Kier alpha value is -2.15. The second kappa shape index (κ2) is 8.10. The van der Waals surface area contributed by atoms with Gasteiger partial charge in [-0.3, -0.25) is 4.98 Å². The topological polar surface area (TPSA) is 12.9 Å². The lowest BCUT2D eigenvalue weighted by Gasteiger charge is -2.13. The fourth-order valence-corrected chi connectivity index (χ4v) is 3.18. The zero-order valence-electron chi connectivity index (χ0n) is 15.7. The second-order valence-corrected chi connectivity index (χ2v) is 6.79. The van der Waals surface area contributed by atoms with Crippen molar-refractivity contribution in [1.29, 1.82) is 0 Å². The summed E-state index contributed by atoms with van der Waals surface area (Å²) in [6.45, 7) is 14.6. The van der Waals surface area contributed by atoms with Crippen LogP contribution < -0.4 is 0 Å². The van der Waals surface area contributed by atoms with Crippen molar-refractivity contribution in [2.24, 2.45) is 0 Å². The molecule has 126 valence electrons. The molecule has 0 aliphatic rings. The first-order valence-corrected chi connectivity index (χ1v) is 8.73. The zero-order valence-corrected chi connectivity index (χ0v) is 15.7. The van der Waals surface area contributed by atoms with Crippen LogP contribution in [0.25, 0.3) is 5.57 Å². The fourth-order valence-electron chi connectivity index (χ4n) is 3.18. The Morgan fingerprint density at radius 3 is 2.42 bits per heavy atom. The van der Waals surface area contributed by atoms with Crippen LogP contribution in [0.2, 0.25) is 0 Å². The van der Waals surface area contributed by atoms with Gasteiger partial charge in [-0.05, 0) is 87.8 Å². The van der Waals surface area contributed by atoms with Crippen LogP contribution in [0.4, 0.5) is 0 Å². The van der Waals surface area contributed by atoms with Crippen molar-refractivity contribution in [3.63, 3.8) is 0 Å². The smallest absolute Gasteiger partial charge is 0.0407 e. The van der Waals surface area contributed by atoms with E-state index in [4.69, 9.17) is 0 Å². The van der Waals surface area contributed by atoms with Gasteiger partial charge in [-0.25, -0.2) is 0 Å². The highest BCUT2D eigenvalue weighted by atomic mass is 14.7. The first-order valence-electron chi connectivity index (χ1n) is 8.73. The van der Waals surface area contributed by atoms with Crippen molar-refractivity contribution in [3.05, 3.63) is 82.2 Å². The molecule has 0 radical (unpaired) electrons. The molecule has 0 aliphatic heterocycles. The van der Waals surface area contributed by atoms with Crippen molar-refractivity contribution < 1.29 is 0 Å². The molecule has 0 atom stereocenters. The minimum Gasteiger partial charge on any atom is -0.258 e. The van der Waals surface area contributed by atoms with Crippen molar-refractivity contribution in [3.8, 4) is 0 Å². The van der Waals surface area contributed by atoms with Crippen LogP contribution in [-0.2, 0) is 12.8 Å². The molecule has 0 spiro atoms. The number of benzene rings is 1. The van der Waals surface area contributed by atoms with Crippen LogP contribution >= 0.6 is 0 Å². The van der Waals surface area contributed by atoms with Crippen LogP contribution in [0.1, 0.15) is 53.9 Å². The van der Waals surface area contributed by atoms with Gasteiger partial charge in [-0.1, -0.05) is 42.5 Å². The minimum absolute atomic E-state index is 0.949. The van der Waals surface area contributed by atoms with E-state index in [0.29, 0.717) is 0 Å². The maximum Gasteiger partial charge on any atom is 0.0407 e. The molecule has 1 nitrogen and oxygen atoms in total. The highest BCUT2D eigenvalue weighted by molar-refractivity contribution is 5.69. The Morgan fingerprint density at radius 2 is 1.83 bits per heavy atom. The molecule has 2 aromatic rings. The maximum absolute atomic E-state index is 4.56. The van der Waals surface area contributed by atoms with Gasteiger partial charge in [0.15, 0.2) is 0 Å². The average Bonchev–Trinajstić information content (AvgIpc) is 2.52. The van der Waals surface area contributed by atoms with Gasteiger partial charge in [0.25, 0.3) is 0 Å². The molecule has 24 heavy (non-hydrogen) atoms. The Balaban J connectivity index is 2.13. The van der Waals surface area contributed by atoms with Crippen molar-refractivity contribution in [1.82, 2.24) is 4.98 Å². The Bertz CT molecular complexity index is 766. The third-order valence-electron chi connectivity index (χ3n) is 4.49. The zero-order chi connectivity index (χ0) is 17.7. The number of aryl methyl sites for hydroxylation is 5. The summed E-state index contributed by atoms with van der Waals surface area (Å²) in [5.74, 6) is 0. The quantitative estimate of drug-likeness (QED) is 0.581. The number of hydrogen-bond acceptors (Lipinski definition) is 1. The highest BCUT2D eigenvalue weighted by Crippen LogP contribution is 2.26. The summed E-state index contributed by atoms with van der Waals surface area (Å²) in [6, 6.07) is 11.2. The lowest BCUT2D eigenvalue weighted by molar-refractivity contribution is 0.921. The van der Waals surface area contributed by atoms with Crippen LogP contribution in [0, 0.1) is 20.8 Å². The minimum atomic E-state index is 0.949. The fraction of sp³-hybridized carbons (Fsp3) is 0.348. The molecular formula is C23H29N. The summed E-state index contributed by atoms with van der Waals surface area (Å²) < 4.78 is 0. The molecule has 0 fully saturated rings. The van der Waals surface area contributed by atoms with Gasteiger partial charge >= 0.3 is 0 Å². The molecule has 2 rings (SSSR count). The van der Waals surface area contributed by atoms with Gasteiger partial charge in [-0.2, -0.15) is 0 Å². The normalized spacial score (nSPS) is 11.6. The average molecular weight is 319 g/mol. The Labute approximate surface area is 147 Å². The van der Waals surface area contributed by atoms with E-state index in [9.17, 15) is 0 Å². The number of nitrogens with zero attached hydrogens (tertiary/aromatic N) is 1. The molecule has 1 aromatic heterocycles. The van der Waals surface area contributed by atoms with E-state index < -0.39 is 0 Å². The molecular weight excluding hydrogens is 290 g/mol. The van der Waals surface area contributed by atoms with Crippen LogP contribution in [0.3, 0.4) is 0 Å². The molecule has 0 amide bonds. The second-order valence-electron chi connectivity index (χ2n) is 6.79. The summed E-state index contributed by atoms with van der Waals surface area (Å²) in [4.78, 5) is 4.56. The van der Waals surface area contributed by atoms with E-state index in [1.165, 1.54) is 33.4 Å². The third kappa shape index (κ3) is 4.67. The summed E-state index contributed by atoms with van der Waals surface area (Å²) in [7, 11) is 0. The van der Waals surface area contributed by atoms with E-state index in [1.54, 1.807) is 0 Å². The number of hydrogen-bond donors (Lipinski definition) is 0. The lowest BCUT2D eigenvalue weighted by Crippen LogP contribution is -1.99. The number of allylic oxidation sites excluding steroid dienone is 3. The summed E-state index contributed by atoms with van der Waals surface area (Å²) in [5, 5.41) is 0. The van der Waals surface area contributed by atoms with E-state index in [2.05, 4.69) is 75.7 Å². The van der Waals surface area contributed by atoms with Gasteiger partial charge < -0.3 is 0 Å². The molecule has 0 bridgehead atoms. The van der Waals surface area contributed by atoms with Crippen LogP contribution in [-0.4, -0.2) is 4.98 Å². The van der Waals surface area contributed by atoms with E-state index in [0.717, 1.165) is 30.7 Å². The van der Waals surface area contributed by atoms with E-state index in [-0.39, 0.29) is 0 Å². The van der Waals surface area contributed by atoms with Gasteiger partial charge in [0, 0.05) is 11.4 Å². The van der Waals surface area contributed by atoms with Crippen molar-refractivity contribution in [2.75, 3.05) is 0 Å². The third-order valence-corrected chi connectivity index (χ3v) is 4.49. The first kappa shape index (κ1) is 18.2. The predicted molar refractivity (Wildman–Crippen MR) is 105 cm³/mol. The standard InChI is InChI=1S/C23H29N/c1-7-21(14-16(2)3)23-13-10-20(15-17(23)4)9-12-22-11-8-18(5)24-19(22)6/h7-8,10-11,13,15H,2,9,12,14H2,1,3-6H3/b21-7-. The van der Waals surface area contributed by atoms with Gasteiger partial charge in [0.2, 0.25) is 0 Å². The maximum atomic E-state index is 4.56. The molecule has 0 unspecified atom stereocenters. The van der Waals surface area contributed by atoms with E-state index in [1.807, 2.05) is 6.92 Å². The van der Waals surface area contributed by atoms with Crippen molar-refractivity contribution >= 4 is 5.57 Å². The molecule has 0 aliphatic carbocycles. The van der Waals surface area contributed by atoms with Gasteiger partial charge in [0.05, 0.1) is 0 Å². The lowest BCUT2D eigenvalue weighted by atomic mass is 9.93. The molecule has 1 heterocycles. The molecule has 0 saturated carbocycles. The van der Waals surface area contributed by atoms with Crippen molar-refractivity contribution in [2.45, 2.75) is 53.9 Å². The van der Waals surface area contributed by atoms with Crippen LogP contribution in [0.5, 0.6) is 0 Å². The van der Waals surface area contributed by atoms with E-state index >= 15 is 0 Å². The molecule has 0 saturated heterocycles. The summed E-state index contributed by atoms with van der Waals surface area (Å²) in [6.07, 6.45) is 5.25. The monoisotopic (exact) mass is 319 g/mol. The predicted octanol–water partition coefficient (Wildman–Crippen LogP) is 6.16. The Kier molecular flexibility index (Phi) is 6.14. The summed E-state index contributed by atoms with van der Waals surface area (Å²) in [5.41, 5.74) is 10.2. The summed E-state index contributed by atoms with van der Waals surface area (Å²) >= 11 is 0. The van der Waals surface area contributed by atoms with Crippen LogP contribution in [0.15, 0.2) is 48.6 Å². The SMILES string of the molecule is C=C(C)C/C(=C/C)c1ccc(CCc2ccc(C)nc2C)cc1C. The largest absolute Gasteiger partial charge is 0.258 e. The molecule has 1 heteroatoms. The van der Waals surface area contributed by atoms with Gasteiger partial charge in [-0.15, -0.1) is 0 Å². The number of pyridine rings is 1. The molecule has 0 N–H and O–H groups in total. The first-order chi connectivity index (χ1) is 11.4. The molecule has 1 aromatic carbocycles.